The number of anilines is 3. The van der Waals surface area contributed by atoms with Crippen molar-refractivity contribution in [3.63, 3.8) is 0 Å². The van der Waals surface area contributed by atoms with Gasteiger partial charge in [-0.1, -0.05) is 13.0 Å². The molecule has 2 aromatic carbocycles. The predicted molar refractivity (Wildman–Crippen MR) is 127 cm³/mol. The molecule has 1 aliphatic heterocycles. The lowest BCUT2D eigenvalue weighted by Crippen LogP contribution is -2.35. The van der Waals surface area contributed by atoms with E-state index in [1.165, 1.54) is 0 Å². The minimum atomic E-state index is -0.658. The number of amides is 2. The summed E-state index contributed by atoms with van der Waals surface area (Å²) in [7, 11) is 0. The Morgan fingerprint density at radius 3 is 2.81 bits per heavy atom. The van der Waals surface area contributed by atoms with Crippen LogP contribution in [0.25, 0.3) is 10.8 Å². The maximum absolute atomic E-state index is 12.9. The minimum Gasteiger partial charge on any atom is -0.481 e. The summed E-state index contributed by atoms with van der Waals surface area (Å²) in [5.74, 6) is 0.914. The van der Waals surface area contributed by atoms with E-state index >= 15 is 0 Å². The van der Waals surface area contributed by atoms with Gasteiger partial charge in [0.25, 0.3) is 5.91 Å². The van der Waals surface area contributed by atoms with Crippen molar-refractivity contribution in [2.45, 2.75) is 45.6 Å². The van der Waals surface area contributed by atoms with E-state index in [0.29, 0.717) is 30.1 Å². The van der Waals surface area contributed by atoms with Gasteiger partial charge in [-0.2, -0.15) is 0 Å². The van der Waals surface area contributed by atoms with Crippen LogP contribution in [0.5, 0.6) is 5.75 Å². The lowest BCUT2D eigenvalue weighted by atomic mass is 10.1. The summed E-state index contributed by atoms with van der Waals surface area (Å²) in [6, 6.07) is 13.0. The standard InChI is InChI=1S/C25H28N4O3/c1-3-22(32-19-9-7-17-11-12-27-24(26)20(17)15-19)25(31)28-18-8-10-21(16(2)14-18)29-13-5-4-6-23(29)30/h7-12,14-15,22H,3-6,13H2,1-2H3,(H2,26,27)(H,28,31). The highest BCUT2D eigenvalue weighted by Crippen LogP contribution is 2.28. The molecule has 0 spiro atoms. The average Bonchev–Trinajstić information content (AvgIpc) is 2.78. The molecule has 1 aliphatic rings. The van der Waals surface area contributed by atoms with Crippen molar-refractivity contribution >= 4 is 39.8 Å². The van der Waals surface area contributed by atoms with Crippen molar-refractivity contribution < 1.29 is 14.3 Å². The fourth-order valence-electron chi connectivity index (χ4n) is 4.05. The van der Waals surface area contributed by atoms with Crippen molar-refractivity contribution in [3.8, 4) is 5.75 Å². The Labute approximate surface area is 187 Å². The Morgan fingerprint density at radius 2 is 2.06 bits per heavy atom. The molecule has 1 saturated heterocycles. The molecule has 0 radical (unpaired) electrons. The minimum absolute atomic E-state index is 0.154. The molecule has 1 aromatic heterocycles. The van der Waals surface area contributed by atoms with Crippen LogP contribution < -0.4 is 20.7 Å². The van der Waals surface area contributed by atoms with E-state index in [9.17, 15) is 9.59 Å². The number of nitrogens with two attached hydrogens (primary N) is 1. The number of hydrogen-bond acceptors (Lipinski definition) is 5. The SMILES string of the molecule is CCC(Oc1ccc2ccnc(N)c2c1)C(=O)Nc1ccc(N2CCCCC2=O)c(C)c1. The maximum atomic E-state index is 12.9. The number of aryl methyl sites for hydroxylation is 1. The number of ether oxygens (including phenoxy) is 1. The van der Waals surface area contributed by atoms with E-state index in [2.05, 4.69) is 10.3 Å². The summed E-state index contributed by atoms with van der Waals surface area (Å²) in [6.07, 6.45) is 4.05. The summed E-state index contributed by atoms with van der Waals surface area (Å²) in [4.78, 5) is 31.1. The van der Waals surface area contributed by atoms with Crippen LogP contribution in [0.1, 0.15) is 38.2 Å². The Kier molecular flexibility index (Phi) is 6.25. The predicted octanol–water partition coefficient (Wildman–Crippen LogP) is 4.44. The zero-order chi connectivity index (χ0) is 22.7. The third kappa shape index (κ3) is 4.51. The topological polar surface area (TPSA) is 97.6 Å². The Bertz CT molecular complexity index is 1160. The van der Waals surface area contributed by atoms with E-state index in [1.807, 2.05) is 61.2 Å². The molecule has 32 heavy (non-hydrogen) atoms. The van der Waals surface area contributed by atoms with Gasteiger partial charge in [0.2, 0.25) is 5.91 Å². The molecule has 1 fully saturated rings. The van der Waals surface area contributed by atoms with Crippen LogP contribution in [0.3, 0.4) is 0 Å². The highest BCUT2D eigenvalue weighted by molar-refractivity contribution is 5.97. The number of nitrogens with one attached hydrogen (secondary N) is 1. The first-order valence-corrected chi connectivity index (χ1v) is 11.0. The second-order valence-corrected chi connectivity index (χ2v) is 8.09. The average molecular weight is 433 g/mol. The normalized spacial score (nSPS) is 14.9. The monoisotopic (exact) mass is 432 g/mol. The summed E-state index contributed by atoms with van der Waals surface area (Å²) in [6.45, 7) is 4.59. The molecule has 2 heterocycles. The Hall–Kier alpha value is -3.61. The number of benzene rings is 2. The number of carbonyl (C=O) groups excluding carboxylic acids is 2. The van der Waals surface area contributed by atoms with Gasteiger partial charge in [-0.3, -0.25) is 9.59 Å². The summed E-state index contributed by atoms with van der Waals surface area (Å²) in [5, 5.41) is 4.69. The van der Waals surface area contributed by atoms with E-state index < -0.39 is 6.10 Å². The molecular weight excluding hydrogens is 404 g/mol. The summed E-state index contributed by atoms with van der Waals surface area (Å²) in [5.41, 5.74) is 8.49. The van der Waals surface area contributed by atoms with Crippen molar-refractivity contribution in [1.29, 1.82) is 0 Å². The first-order valence-electron chi connectivity index (χ1n) is 11.0. The molecule has 7 nitrogen and oxygen atoms in total. The molecule has 2 amide bonds. The van der Waals surface area contributed by atoms with Crippen LogP contribution in [0.4, 0.5) is 17.2 Å². The maximum Gasteiger partial charge on any atom is 0.265 e. The first-order chi connectivity index (χ1) is 15.5. The van der Waals surface area contributed by atoms with E-state index in [4.69, 9.17) is 10.5 Å². The van der Waals surface area contributed by atoms with Crippen LogP contribution in [-0.2, 0) is 9.59 Å². The molecule has 166 valence electrons. The van der Waals surface area contributed by atoms with Crippen LogP contribution in [-0.4, -0.2) is 29.4 Å². The van der Waals surface area contributed by atoms with Crippen molar-refractivity contribution in [2.24, 2.45) is 0 Å². The fraction of sp³-hybridized carbons (Fsp3) is 0.320. The van der Waals surface area contributed by atoms with Gasteiger partial charge in [-0.05, 0) is 73.5 Å². The Morgan fingerprint density at radius 1 is 1.22 bits per heavy atom. The second kappa shape index (κ2) is 9.26. The number of aromatic nitrogens is 1. The highest BCUT2D eigenvalue weighted by Gasteiger charge is 2.22. The third-order valence-corrected chi connectivity index (χ3v) is 5.79. The molecule has 3 N–H and O–H groups in total. The van der Waals surface area contributed by atoms with E-state index in [1.54, 1.807) is 6.20 Å². The lowest BCUT2D eigenvalue weighted by molar-refractivity contribution is -0.123. The Balaban J connectivity index is 1.47. The smallest absolute Gasteiger partial charge is 0.265 e. The van der Waals surface area contributed by atoms with Crippen molar-refractivity contribution in [3.05, 3.63) is 54.2 Å². The number of nitrogen functional groups attached to an aromatic ring is 1. The van der Waals surface area contributed by atoms with Gasteiger partial charge < -0.3 is 20.7 Å². The first kappa shape index (κ1) is 21.6. The number of nitrogens with zero attached hydrogens (tertiary/aromatic N) is 2. The lowest BCUT2D eigenvalue weighted by Gasteiger charge is -2.28. The van der Waals surface area contributed by atoms with Gasteiger partial charge in [-0.25, -0.2) is 4.98 Å². The zero-order valence-corrected chi connectivity index (χ0v) is 18.4. The number of rotatable bonds is 6. The van der Waals surface area contributed by atoms with Crippen LogP contribution in [0.2, 0.25) is 0 Å². The fourth-order valence-corrected chi connectivity index (χ4v) is 4.05. The number of fused-ring (bicyclic) bond motifs is 1. The van der Waals surface area contributed by atoms with Crippen LogP contribution in [0, 0.1) is 6.92 Å². The number of carbonyl (C=O) groups is 2. The van der Waals surface area contributed by atoms with Gasteiger partial charge in [0.1, 0.15) is 11.6 Å². The number of piperidine rings is 1. The second-order valence-electron chi connectivity index (χ2n) is 8.09. The number of pyridine rings is 1. The van der Waals surface area contributed by atoms with Gasteiger partial charge >= 0.3 is 0 Å². The number of hydrogen-bond donors (Lipinski definition) is 2. The van der Waals surface area contributed by atoms with Gasteiger partial charge in [0.15, 0.2) is 6.10 Å². The van der Waals surface area contributed by atoms with Gasteiger partial charge in [0.05, 0.1) is 0 Å². The van der Waals surface area contributed by atoms with E-state index in [0.717, 1.165) is 41.4 Å². The van der Waals surface area contributed by atoms with Crippen molar-refractivity contribution in [2.75, 3.05) is 22.5 Å². The highest BCUT2D eigenvalue weighted by atomic mass is 16.5. The summed E-state index contributed by atoms with van der Waals surface area (Å²) >= 11 is 0. The van der Waals surface area contributed by atoms with Gasteiger partial charge in [-0.15, -0.1) is 0 Å². The largest absolute Gasteiger partial charge is 0.481 e. The molecule has 1 unspecified atom stereocenters. The molecule has 0 saturated carbocycles. The quantitative estimate of drug-likeness (QED) is 0.600. The molecule has 0 bridgehead atoms. The third-order valence-electron chi connectivity index (χ3n) is 5.79. The van der Waals surface area contributed by atoms with Gasteiger partial charge in [0, 0.05) is 35.9 Å². The molecular formula is C25H28N4O3. The molecule has 1 atom stereocenters. The van der Waals surface area contributed by atoms with Crippen molar-refractivity contribution in [1.82, 2.24) is 4.98 Å². The van der Waals surface area contributed by atoms with Crippen LogP contribution in [0.15, 0.2) is 48.7 Å². The molecule has 7 heteroatoms. The molecule has 4 rings (SSSR count). The zero-order valence-electron chi connectivity index (χ0n) is 18.4. The molecule has 0 aliphatic carbocycles. The molecule has 3 aromatic rings. The van der Waals surface area contributed by atoms with E-state index in [-0.39, 0.29) is 11.8 Å². The summed E-state index contributed by atoms with van der Waals surface area (Å²) < 4.78 is 5.98. The van der Waals surface area contributed by atoms with Crippen LogP contribution >= 0.6 is 0 Å².